The largest absolute Gasteiger partial charge is 0.324 e. The number of aromatic nitrogens is 4. The summed E-state index contributed by atoms with van der Waals surface area (Å²) in [7, 11) is -3.53. The summed E-state index contributed by atoms with van der Waals surface area (Å²) >= 11 is 0. The number of hydrogen-bond donors (Lipinski definition) is 1. The van der Waals surface area contributed by atoms with Gasteiger partial charge in [-0.25, -0.2) is 12.8 Å². The van der Waals surface area contributed by atoms with Crippen molar-refractivity contribution in [2.75, 3.05) is 18.4 Å². The van der Waals surface area contributed by atoms with Crippen LogP contribution < -0.4 is 5.32 Å². The highest BCUT2D eigenvalue weighted by Gasteiger charge is 2.25. The summed E-state index contributed by atoms with van der Waals surface area (Å²) in [5.74, 6) is -0.826. The molecular weight excluding hydrogens is 423 g/mol. The van der Waals surface area contributed by atoms with Gasteiger partial charge in [0, 0.05) is 18.8 Å². The molecule has 9 nitrogen and oxygen atoms in total. The Labute approximate surface area is 178 Å². The molecule has 1 N–H and O–H groups in total. The molecule has 11 heteroatoms. The molecule has 4 rings (SSSR count). The predicted octanol–water partition coefficient (Wildman–Crippen LogP) is 2.29. The third-order valence-electron chi connectivity index (χ3n) is 4.94. The standard InChI is InChI=1S/C20H21FN6O3S/c21-18-7-3-2-6-17(18)20-23-25-27(24-20)14-19(28)22-15-8-10-16(11-9-15)31(29,30)26-12-4-1-5-13-26/h2-3,6-11H,1,4-5,12-14H2,(H,22,28). The predicted molar refractivity (Wildman–Crippen MR) is 111 cm³/mol. The molecule has 0 unspecified atom stereocenters. The van der Waals surface area contributed by atoms with Crippen LogP contribution in [0.25, 0.3) is 11.4 Å². The lowest BCUT2D eigenvalue weighted by Crippen LogP contribution is -2.35. The van der Waals surface area contributed by atoms with Gasteiger partial charge in [-0.15, -0.1) is 10.2 Å². The number of amides is 1. The van der Waals surface area contributed by atoms with E-state index in [1.165, 1.54) is 40.7 Å². The second-order valence-electron chi connectivity index (χ2n) is 7.16. The highest BCUT2D eigenvalue weighted by Crippen LogP contribution is 2.22. The first-order chi connectivity index (χ1) is 14.9. The van der Waals surface area contributed by atoms with Crippen molar-refractivity contribution in [1.82, 2.24) is 24.5 Å². The monoisotopic (exact) mass is 444 g/mol. The lowest BCUT2D eigenvalue weighted by molar-refractivity contribution is -0.117. The van der Waals surface area contributed by atoms with E-state index in [4.69, 9.17) is 0 Å². The zero-order valence-corrected chi connectivity index (χ0v) is 17.4. The number of nitrogens with one attached hydrogen (secondary N) is 1. The number of carbonyl (C=O) groups is 1. The van der Waals surface area contributed by atoms with E-state index in [0.717, 1.165) is 24.1 Å². The molecule has 31 heavy (non-hydrogen) atoms. The summed E-state index contributed by atoms with van der Waals surface area (Å²) in [4.78, 5) is 13.5. The van der Waals surface area contributed by atoms with Crippen LogP contribution in [0.4, 0.5) is 10.1 Å². The molecule has 1 aliphatic rings. The molecule has 1 saturated heterocycles. The Morgan fingerprint density at radius 2 is 1.74 bits per heavy atom. The minimum absolute atomic E-state index is 0.0816. The molecular formula is C20H21FN6O3S. The van der Waals surface area contributed by atoms with Crippen LogP contribution in [0, 0.1) is 5.82 Å². The number of nitrogens with zero attached hydrogens (tertiary/aromatic N) is 5. The second-order valence-corrected chi connectivity index (χ2v) is 9.10. The number of carbonyl (C=O) groups excluding carboxylic acids is 1. The first-order valence-electron chi connectivity index (χ1n) is 9.86. The van der Waals surface area contributed by atoms with Gasteiger partial charge in [-0.3, -0.25) is 4.79 Å². The van der Waals surface area contributed by atoms with Crippen molar-refractivity contribution >= 4 is 21.6 Å². The van der Waals surface area contributed by atoms with Gasteiger partial charge >= 0.3 is 0 Å². The summed E-state index contributed by atoms with van der Waals surface area (Å²) < 4.78 is 40.7. The Balaban J connectivity index is 1.39. The number of halogens is 1. The molecule has 2 aromatic carbocycles. The van der Waals surface area contributed by atoms with E-state index in [1.807, 2.05) is 0 Å². The van der Waals surface area contributed by atoms with E-state index in [1.54, 1.807) is 12.1 Å². The van der Waals surface area contributed by atoms with Crippen molar-refractivity contribution in [1.29, 1.82) is 0 Å². The average Bonchev–Trinajstić information content (AvgIpc) is 3.23. The third kappa shape index (κ3) is 4.78. The lowest BCUT2D eigenvalue weighted by Gasteiger charge is -2.25. The molecule has 0 spiro atoms. The van der Waals surface area contributed by atoms with E-state index in [-0.39, 0.29) is 22.8 Å². The molecule has 1 fully saturated rings. The summed E-state index contributed by atoms with van der Waals surface area (Å²) in [6, 6.07) is 12.0. The number of benzene rings is 2. The van der Waals surface area contributed by atoms with Gasteiger partial charge < -0.3 is 5.32 Å². The fraction of sp³-hybridized carbons (Fsp3) is 0.300. The second kappa shape index (κ2) is 8.90. The zero-order chi connectivity index (χ0) is 21.8. The van der Waals surface area contributed by atoms with Gasteiger partial charge in [0.15, 0.2) is 0 Å². The Hall–Kier alpha value is -3.18. The van der Waals surface area contributed by atoms with Crippen molar-refractivity contribution in [3.63, 3.8) is 0 Å². The molecule has 0 aliphatic carbocycles. The molecule has 2 heterocycles. The lowest BCUT2D eigenvalue weighted by atomic mass is 10.2. The van der Waals surface area contributed by atoms with Gasteiger partial charge in [-0.1, -0.05) is 18.6 Å². The van der Waals surface area contributed by atoms with Crippen molar-refractivity contribution in [3.05, 3.63) is 54.3 Å². The molecule has 0 saturated carbocycles. The maximum Gasteiger partial charge on any atom is 0.248 e. The van der Waals surface area contributed by atoms with Crippen LogP contribution in [-0.4, -0.2) is 51.9 Å². The summed E-state index contributed by atoms with van der Waals surface area (Å²) in [6.45, 7) is 0.830. The van der Waals surface area contributed by atoms with Gasteiger partial charge in [0.2, 0.25) is 21.8 Å². The Morgan fingerprint density at radius 3 is 2.45 bits per heavy atom. The zero-order valence-electron chi connectivity index (χ0n) is 16.6. The molecule has 0 radical (unpaired) electrons. The van der Waals surface area contributed by atoms with Crippen LogP contribution in [0.2, 0.25) is 0 Å². The molecule has 1 aliphatic heterocycles. The SMILES string of the molecule is O=C(Cn1nnc(-c2ccccc2F)n1)Nc1ccc(S(=O)(=O)N2CCCCC2)cc1. The van der Waals surface area contributed by atoms with Crippen molar-refractivity contribution in [2.24, 2.45) is 0 Å². The highest BCUT2D eigenvalue weighted by molar-refractivity contribution is 7.89. The quantitative estimate of drug-likeness (QED) is 0.625. The van der Waals surface area contributed by atoms with Crippen LogP contribution >= 0.6 is 0 Å². The molecule has 0 bridgehead atoms. The van der Waals surface area contributed by atoms with Crippen LogP contribution in [0.15, 0.2) is 53.4 Å². The van der Waals surface area contributed by atoms with Gasteiger partial charge in [-0.05, 0) is 54.5 Å². The normalized spacial score (nSPS) is 15.0. The minimum atomic E-state index is -3.53. The maximum absolute atomic E-state index is 13.8. The van der Waals surface area contributed by atoms with Gasteiger partial charge in [-0.2, -0.15) is 9.10 Å². The summed E-state index contributed by atoms with van der Waals surface area (Å²) in [5.41, 5.74) is 0.636. The number of anilines is 1. The van der Waals surface area contributed by atoms with Gasteiger partial charge in [0.25, 0.3) is 0 Å². The maximum atomic E-state index is 13.8. The van der Waals surface area contributed by atoms with E-state index >= 15 is 0 Å². The summed E-state index contributed by atoms with van der Waals surface area (Å²) in [5, 5.41) is 14.2. The van der Waals surface area contributed by atoms with Gasteiger partial charge in [0.05, 0.1) is 10.5 Å². The minimum Gasteiger partial charge on any atom is -0.324 e. The van der Waals surface area contributed by atoms with E-state index in [0.29, 0.717) is 18.8 Å². The average molecular weight is 444 g/mol. The molecule has 0 atom stereocenters. The Kier molecular flexibility index (Phi) is 6.05. The molecule has 3 aromatic rings. The number of sulfonamides is 1. The van der Waals surface area contributed by atoms with Crippen LogP contribution in [-0.2, 0) is 21.4 Å². The number of tetrazole rings is 1. The van der Waals surface area contributed by atoms with Crippen LogP contribution in [0.3, 0.4) is 0 Å². The highest BCUT2D eigenvalue weighted by atomic mass is 32.2. The topological polar surface area (TPSA) is 110 Å². The molecule has 1 amide bonds. The third-order valence-corrected chi connectivity index (χ3v) is 6.86. The van der Waals surface area contributed by atoms with Crippen LogP contribution in [0.5, 0.6) is 0 Å². The summed E-state index contributed by atoms with van der Waals surface area (Å²) in [6.07, 6.45) is 2.77. The van der Waals surface area contributed by atoms with E-state index < -0.39 is 21.7 Å². The van der Waals surface area contributed by atoms with Crippen molar-refractivity contribution < 1.29 is 17.6 Å². The Bertz CT molecular complexity index is 1170. The smallest absolute Gasteiger partial charge is 0.248 e. The van der Waals surface area contributed by atoms with Crippen molar-refractivity contribution in [2.45, 2.75) is 30.7 Å². The fourth-order valence-corrected chi connectivity index (χ4v) is 4.87. The number of hydrogen-bond acceptors (Lipinski definition) is 6. The molecule has 1 aromatic heterocycles. The number of piperidine rings is 1. The molecule has 162 valence electrons. The van der Waals surface area contributed by atoms with E-state index in [2.05, 4.69) is 20.7 Å². The van der Waals surface area contributed by atoms with E-state index in [9.17, 15) is 17.6 Å². The van der Waals surface area contributed by atoms with Gasteiger partial charge in [0.1, 0.15) is 12.4 Å². The fourth-order valence-electron chi connectivity index (χ4n) is 3.35. The van der Waals surface area contributed by atoms with Crippen molar-refractivity contribution in [3.8, 4) is 11.4 Å². The Morgan fingerprint density at radius 1 is 1.03 bits per heavy atom. The number of rotatable bonds is 6. The first kappa shape index (κ1) is 21.1. The van der Waals surface area contributed by atoms with Crippen LogP contribution in [0.1, 0.15) is 19.3 Å². The first-order valence-corrected chi connectivity index (χ1v) is 11.3.